The van der Waals surface area contributed by atoms with E-state index in [0.29, 0.717) is 23.9 Å². The fraction of sp³-hybridized carbons (Fsp3) is 0.611. The van der Waals surface area contributed by atoms with Crippen molar-refractivity contribution in [3.63, 3.8) is 0 Å². The van der Waals surface area contributed by atoms with Crippen molar-refractivity contribution < 1.29 is 14.1 Å². The average molecular weight is 344 g/mol. The minimum atomic E-state index is -0.0803. The Labute approximate surface area is 146 Å². The Morgan fingerprint density at radius 3 is 2.88 bits per heavy atom. The van der Waals surface area contributed by atoms with E-state index >= 15 is 0 Å². The van der Waals surface area contributed by atoms with Gasteiger partial charge in [-0.2, -0.15) is 5.10 Å². The lowest BCUT2D eigenvalue weighted by Gasteiger charge is -2.27. The van der Waals surface area contributed by atoms with E-state index in [1.165, 1.54) is 12.8 Å². The van der Waals surface area contributed by atoms with E-state index in [1.807, 2.05) is 24.3 Å². The molecule has 2 atom stereocenters. The highest BCUT2D eigenvalue weighted by molar-refractivity contribution is 5.92. The van der Waals surface area contributed by atoms with E-state index in [9.17, 15) is 4.79 Å². The first-order valence-corrected chi connectivity index (χ1v) is 8.93. The summed E-state index contributed by atoms with van der Waals surface area (Å²) in [5.41, 5.74) is 1.49. The minimum Gasteiger partial charge on any atom is -0.376 e. The zero-order chi connectivity index (χ0) is 17.4. The van der Waals surface area contributed by atoms with E-state index < -0.39 is 0 Å². The molecule has 0 aromatic carbocycles. The van der Waals surface area contributed by atoms with Gasteiger partial charge in [-0.1, -0.05) is 5.16 Å². The Morgan fingerprint density at radius 1 is 1.40 bits per heavy atom. The number of aromatic nitrogens is 3. The average Bonchev–Trinajstić information content (AvgIpc) is 2.97. The first kappa shape index (κ1) is 16.3. The van der Waals surface area contributed by atoms with Gasteiger partial charge in [-0.05, 0) is 44.1 Å². The normalized spacial score (nSPS) is 23.4. The highest BCUT2D eigenvalue weighted by Crippen LogP contribution is 2.32. The number of amides is 1. The number of hydrogen-bond donors (Lipinski definition) is 0. The van der Waals surface area contributed by atoms with E-state index in [1.54, 1.807) is 17.7 Å². The lowest BCUT2D eigenvalue weighted by atomic mass is 10.0. The van der Waals surface area contributed by atoms with Gasteiger partial charge in [0.1, 0.15) is 5.76 Å². The van der Waals surface area contributed by atoms with Crippen molar-refractivity contribution in [2.45, 2.75) is 44.8 Å². The number of nitrogens with zero attached hydrogens (tertiary/aromatic N) is 4. The van der Waals surface area contributed by atoms with Gasteiger partial charge in [0, 0.05) is 32.5 Å². The number of rotatable bonds is 6. The number of likely N-dealkylation sites (tertiary alicyclic amines) is 1. The van der Waals surface area contributed by atoms with Crippen LogP contribution in [0.15, 0.2) is 23.0 Å². The van der Waals surface area contributed by atoms with Gasteiger partial charge < -0.3 is 14.2 Å². The predicted octanol–water partition coefficient (Wildman–Crippen LogP) is 1.97. The summed E-state index contributed by atoms with van der Waals surface area (Å²) in [6.45, 7) is 3.28. The molecule has 3 heterocycles. The highest BCUT2D eigenvalue weighted by Gasteiger charge is 2.40. The molecular formula is C18H24N4O3. The second-order valence-corrected chi connectivity index (χ2v) is 7.22. The molecule has 2 aromatic rings. The van der Waals surface area contributed by atoms with Crippen molar-refractivity contribution in [1.82, 2.24) is 19.8 Å². The summed E-state index contributed by atoms with van der Waals surface area (Å²) in [4.78, 5) is 14.8. The SMILES string of the molecule is Cc1cc(C(=O)N2CC[C@@H](OCC3CC3)[C@@H]2Cc2cnn(C)c2)no1. The molecule has 1 saturated carbocycles. The summed E-state index contributed by atoms with van der Waals surface area (Å²) in [5.74, 6) is 1.28. The summed E-state index contributed by atoms with van der Waals surface area (Å²) in [6.07, 6.45) is 8.06. The molecule has 2 aliphatic rings. The molecule has 2 aromatic heterocycles. The van der Waals surface area contributed by atoms with Gasteiger partial charge in [-0.25, -0.2) is 0 Å². The number of carbonyl (C=O) groups excluding carboxylic acids is 1. The van der Waals surface area contributed by atoms with Crippen LogP contribution in [0.5, 0.6) is 0 Å². The Hall–Kier alpha value is -2.15. The zero-order valence-electron chi connectivity index (χ0n) is 14.7. The van der Waals surface area contributed by atoms with Crippen molar-refractivity contribution in [1.29, 1.82) is 0 Å². The van der Waals surface area contributed by atoms with E-state index in [0.717, 1.165) is 25.0 Å². The van der Waals surface area contributed by atoms with Gasteiger partial charge in [-0.15, -0.1) is 0 Å². The maximum Gasteiger partial charge on any atom is 0.276 e. The molecule has 4 rings (SSSR count). The van der Waals surface area contributed by atoms with Crippen LogP contribution in [0.2, 0.25) is 0 Å². The lowest BCUT2D eigenvalue weighted by molar-refractivity contribution is 0.0197. The maximum absolute atomic E-state index is 12.9. The molecule has 1 amide bonds. The van der Waals surface area contributed by atoms with Crippen molar-refractivity contribution in [3.8, 4) is 0 Å². The fourth-order valence-corrected chi connectivity index (χ4v) is 3.49. The molecule has 1 aliphatic carbocycles. The summed E-state index contributed by atoms with van der Waals surface area (Å²) in [7, 11) is 1.90. The second kappa shape index (κ2) is 6.63. The number of ether oxygens (including phenoxy) is 1. The van der Waals surface area contributed by atoms with Crippen LogP contribution in [0.3, 0.4) is 0 Å². The summed E-state index contributed by atoms with van der Waals surface area (Å²) >= 11 is 0. The van der Waals surface area contributed by atoms with E-state index in [2.05, 4.69) is 10.3 Å². The smallest absolute Gasteiger partial charge is 0.276 e. The second-order valence-electron chi connectivity index (χ2n) is 7.22. The van der Waals surface area contributed by atoms with Crippen molar-refractivity contribution >= 4 is 5.91 Å². The summed E-state index contributed by atoms with van der Waals surface area (Å²) < 4.78 is 13.0. The molecule has 0 unspecified atom stereocenters. The monoisotopic (exact) mass is 344 g/mol. The molecular weight excluding hydrogens is 320 g/mol. The fourth-order valence-electron chi connectivity index (χ4n) is 3.49. The predicted molar refractivity (Wildman–Crippen MR) is 90.1 cm³/mol. The summed E-state index contributed by atoms with van der Waals surface area (Å²) in [6, 6.07) is 1.70. The Balaban J connectivity index is 1.52. The molecule has 134 valence electrons. The molecule has 2 fully saturated rings. The van der Waals surface area contributed by atoms with Crippen molar-refractivity contribution in [2.24, 2.45) is 13.0 Å². The van der Waals surface area contributed by atoms with Gasteiger partial charge >= 0.3 is 0 Å². The lowest BCUT2D eigenvalue weighted by Crippen LogP contribution is -2.42. The van der Waals surface area contributed by atoms with Gasteiger partial charge in [0.05, 0.1) is 18.3 Å². The van der Waals surface area contributed by atoms with Crippen LogP contribution in [-0.2, 0) is 18.2 Å². The molecule has 0 N–H and O–H groups in total. The van der Waals surface area contributed by atoms with Crippen LogP contribution in [0.1, 0.15) is 41.1 Å². The first-order valence-electron chi connectivity index (χ1n) is 8.93. The Bertz CT molecular complexity index is 749. The minimum absolute atomic E-state index is 0.00690. The highest BCUT2D eigenvalue weighted by atomic mass is 16.5. The number of hydrogen-bond acceptors (Lipinski definition) is 5. The van der Waals surface area contributed by atoms with E-state index in [-0.39, 0.29) is 18.1 Å². The van der Waals surface area contributed by atoms with Crippen LogP contribution in [-0.4, -0.2) is 51.0 Å². The van der Waals surface area contributed by atoms with Crippen LogP contribution in [0, 0.1) is 12.8 Å². The molecule has 0 bridgehead atoms. The number of aryl methyl sites for hydroxylation is 2. The molecule has 7 heteroatoms. The molecule has 1 aliphatic heterocycles. The Kier molecular flexibility index (Phi) is 4.33. The van der Waals surface area contributed by atoms with E-state index in [4.69, 9.17) is 9.26 Å². The Morgan fingerprint density at radius 2 is 2.24 bits per heavy atom. The van der Waals surface area contributed by atoms with Gasteiger partial charge in [-0.3, -0.25) is 9.48 Å². The van der Waals surface area contributed by atoms with Gasteiger partial charge in [0.15, 0.2) is 5.69 Å². The standard InChI is InChI=1S/C18H24N4O3/c1-12-7-15(20-25-12)18(23)22-6-5-17(24-11-13-3-4-13)16(22)8-14-9-19-21(2)10-14/h7,9-10,13,16-17H,3-6,8,11H2,1-2H3/t16-,17+/m0/s1. The zero-order valence-corrected chi connectivity index (χ0v) is 14.7. The van der Waals surface area contributed by atoms with Crippen LogP contribution >= 0.6 is 0 Å². The molecule has 0 spiro atoms. The molecule has 0 radical (unpaired) electrons. The largest absolute Gasteiger partial charge is 0.376 e. The molecule has 1 saturated heterocycles. The quantitative estimate of drug-likeness (QED) is 0.801. The molecule has 25 heavy (non-hydrogen) atoms. The third-order valence-corrected chi connectivity index (χ3v) is 5.04. The third kappa shape index (κ3) is 3.61. The number of carbonyl (C=O) groups is 1. The van der Waals surface area contributed by atoms with Gasteiger partial charge in [0.25, 0.3) is 5.91 Å². The topological polar surface area (TPSA) is 73.4 Å². The van der Waals surface area contributed by atoms with Crippen LogP contribution in [0.4, 0.5) is 0 Å². The van der Waals surface area contributed by atoms with Crippen LogP contribution < -0.4 is 0 Å². The molecule has 7 nitrogen and oxygen atoms in total. The third-order valence-electron chi connectivity index (χ3n) is 5.04. The maximum atomic E-state index is 12.9. The van der Waals surface area contributed by atoms with Crippen LogP contribution in [0.25, 0.3) is 0 Å². The van der Waals surface area contributed by atoms with Crippen molar-refractivity contribution in [2.75, 3.05) is 13.2 Å². The summed E-state index contributed by atoms with van der Waals surface area (Å²) in [5, 5.41) is 8.14. The first-order chi connectivity index (χ1) is 12.1. The van der Waals surface area contributed by atoms with Crippen molar-refractivity contribution in [3.05, 3.63) is 35.5 Å². The van der Waals surface area contributed by atoms with Gasteiger partial charge in [0.2, 0.25) is 0 Å².